The SMILES string of the molecule is COc1ccc(-c2cc(OCc3ccccc3)c(OCc3ccccc3)nn2)cc1OC. The Kier molecular flexibility index (Phi) is 6.82. The number of hydrogen-bond donors (Lipinski definition) is 0. The van der Waals surface area contributed by atoms with Crippen molar-refractivity contribution in [2.75, 3.05) is 14.2 Å². The van der Waals surface area contributed by atoms with Crippen molar-refractivity contribution in [3.05, 3.63) is 96.1 Å². The van der Waals surface area contributed by atoms with Gasteiger partial charge in [0.1, 0.15) is 13.2 Å². The first kappa shape index (κ1) is 21.2. The minimum absolute atomic E-state index is 0.342. The van der Waals surface area contributed by atoms with Gasteiger partial charge in [-0.1, -0.05) is 60.7 Å². The van der Waals surface area contributed by atoms with Crippen LogP contribution in [0.25, 0.3) is 11.3 Å². The summed E-state index contributed by atoms with van der Waals surface area (Å²) in [5, 5.41) is 8.67. The van der Waals surface area contributed by atoms with E-state index in [0.717, 1.165) is 16.7 Å². The van der Waals surface area contributed by atoms with E-state index in [4.69, 9.17) is 18.9 Å². The van der Waals surface area contributed by atoms with Crippen molar-refractivity contribution in [3.63, 3.8) is 0 Å². The fourth-order valence-corrected chi connectivity index (χ4v) is 3.16. The molecule has 6 heteroatoms. The monoisotopic (exact) mass is 428 g/mol. The molecule has 0 radical (unpaired) electrons. The Bertz CT molecular complexity index is 1150. The standard InChI is InChI=1S/C26H24N2O4/c1-29-23-14-13-21(15-24(23)30-2)22-16-25(31-17-19-9-5-3-6-10-19)26(28-27-22)32-18-20-11-7-4-8-12-20/h3-16H,17-18H2,1-2H3. The van der Waals surface area contributed by atoms with E-state index in [1.54, 1.807) is 14.2 Å². The van der Waals surface area contributed by atoms with Gasteiger partial charge in [-0.05, 0) is 29.3 Å². The van der Waals surface area contributed by atoms with E-state index in [1.165, 1.54) is 0 Å². The van der Waals surface area contributed by atoms with Crippen LogP contribution >= 0.6 is 0 Å². The number of hydrogen-bond acceptors (Lipinski definition) is 6. The molecule has 32 heavy (non-hydrogen) atoms. The molecule has 4 rings (SSSR count). The Morgan fingerprint density at radius 1 is 0.594 bits per heavy atom. The van der Waals surface area contributed by atoms with Crippen LogP contribution in [0.15, 0.2) is 84.9 Å². The van der Waals surface area contributed by atoms with Crippen molar-refractivity contribution in [2.45, 2.75) is 13.2 Å². The average Bonchev–Trinajstić information content (AvgIpc) is 2.87. The summed E-state index contributed by atoms with van der Waals surface area (Å²) < 4.78 is 22.8. The molecule has 0 saturated heterocycles. The predicted molar refractivity (Wildman–Crippen MR) is 122 cm³/mol. The molecule has 0 aliphatic heterocycles. The third kappa shape index (κ3) is 5.16. The van der Waals surface area contributed by atoms with E-state index in [9.17, 15) is 0 Å². The zero-order valence-electron chi connectivity index (χ0n) is 18.0. The topological polar surface area (TPSA) is 62.7 Å². The molecular weight excluding hydrogens is 404 g/mol. The highest BCUT2D eigenvalue weighted by Crippen LogP contribution is 2.34. The Morgan fingerprint density at radius 2 is 1.22 bits per heavy atom. The van der Waals surface area contributed by atoms with Crippen LogP contribution in [0, 0.1) is 0 Å². The van der Waals surface area contributed by atoms with E-state index < -0.39 is 0 Å². The fourth-order valence-electron chi connectivity index (χ4n) is 3.16. The number of methoxy groups -OCH3 is 2. The lowest BCUT2D eigenvalue weighted by Crippen LogP contribution is -2.04. The van der Waals surface area contributed by atoms with Gasteiger partial charge in [0.2, 0.25) is 0 Å². The summed E-state index contributed by atoms with van der Waals surface area (Å²) in [6, 6.07) is 27.3. The van der Waals surface area contributed by atoms with Crippen LogP contribution in [0.2, 0.25) is 0 Å². The van der Waals surface area contributed by atoms with Crippen LogP contribution in [0.5, 0.6) is 23.1 Å². The second kappa shape index (κ2) is 10.3. The van der Waals surface area contributed by atoms with E-state index in [1.807, 2.05) is 84.9 Å². The van der Waals surface area contributed by atoms with Crippen LogP contribution in [0.3, 0.4) is 0 Å². The third-order valence-electron chi connectivity index (χ3n) is 4.86. The number of benzene rings is 3. The van der Waals surface area contributed by atoms with Gasteiger partial charge in [0.25, 0.3) is 5.88 Å². The predicted octanol–water partition coefficient (Wildman–Crippen LogP) is 5.32. The summed E-state index contributed by atoms with van der Waals surface area (Å²) in [7, 11) is 3.20. The highest BCUT2D eigenvalue weighted by atomic mass is 16.5. The van der Waals surface area contributed by atoms with Gasteiger partial charge in [-0.2, -0.15) is 0 Å². The minimum atomic E-state index is 0.342. The van der Waals surface area contributed by atoms with Crippen molar-refractivity contribution in [1.82, 2.24) is 10.2 Å². The molecule has 0 unspecified atom stereocenters. The van der Waals surface area contributed by atoms with E-state index >= 15 is 0 Å². The molecule has 0 spiro atoms. The van der Waals surface area contributed by atoms with Gasteiger partial charge >= 0.3 is 0 Å². The van der Waals surface area contributed by atoms with Gasteiger partial charge in [-0.15, -0.1) is 10.2 Å². The Balaban J connectivity index is 1.62. The molecule has 0 N–H and O–H groups in total. The summed E-state index contributed by atoms with van der Waals surface area (Å²) in [6.45, 7) is 0.756. The zero-order chi connectivity index (χ0) is 22.2. The van der Waals surface area contributed by atoms with E-state index in [-0.39, 0.29) is 0 Å². The molecule has 6 nitrogen and oxygen atoms in total. The van der Waals surface area contributed by atoms with Gasteiger partial charge in [-0.25, -0.2) is 0 Å². The lowest BCUT2D eigenvalue weighted by atomic mass is 10.1. The Hall–Kier alpha value is -4.06. The maximum absolute atomic E-state index is 6.09. The summed E-state index contributed by atoms with van der Waals surface area (Å²) in [5.74, 6) is 2.12. The van der Waals surface area contributed by atoms with Crippen molar-refractivity contribution in [2.24, 2.45) is 0 Å². The van der Waals surface area contributed by atoms with Gasteiger partial charge in [-0.3, -0.25) is 0 Å². The highest BCUT2D eigenvalue weighted by Gasteiger charge is 2.14. The molecule has 4 aromatic rings. The maximum Gasteiger partial charge on any atom is 0.276 e. The van der Waals surface area contributed by atoms with Crippen LogP contribution in [0.1, 0.15) is 11.1 Å². The molecule has 1 aromatic heterocycles. The lowest BCUT2D eigenvalue weighted by molar-refractivity contribution is 0.244. The molecule has 0 saturated carbocycles. The second-order valence-electron chi connectivity index (χ2n) is 7.02. The van der Waals surface area contributed by atoms with Crippen molar-refractivity contribution in [1.29, 1.82) is 0 Å². The van der Waals surface area contributed by atoms with Gasteiger partial charge in [0, 0.05) is 11.6 Å². The fraction of sp³-hybridized carbons (Fsp3) is 0.154. The molecule has 0 bridgehead atoms. The average molecular weight is 428 g/mol. The van der Waals surface area contributed by atoms with Crippen molar-refractivity contribution < 1.29 is 18.9 Å². The van der Waals surface area contributed by atoms with Gasteiger partial charge in [0.05, 0.1) is 19.9 Å². The van der Waals surface area contributed by atoms with Crippen molar-refractivity contribution >= 4 is 0 Å². The lowest BCUT2D eigenvalue weighted by Gasteiger charge is -2.14. The normalized spacial score (nSPS) is 10.4. The van der Waals surface area contributed by atoms with Crippen LogP contribution < -0.4 is 18.9 Å². The van der Waals surface area contributed by atoms with E-state index in [2.05, 4.69) is 10.2 Å². The maximum atomic E-state index is 6.09. The molecule has 3 aromatic carbocycles. The summed E-state index contributed by atoms with van der Waals surface area (Å²) in [5.41, 5.74) is 3.55. The smallest absolute Gasteiger partial charge is 0.276 e. The number of rotatable bonds is 9. The quantitative estimate of drug-likeness (QED) is 0.360. The second-order valence-corrected chi connectivity index (χ2v) is 7.02. The van der Waals surface area contributed by atoms with Crippen LogP contribution in [-0.4, -0.2) is 24.4 Å². The first-order valence-corrected chi connectivity index (χ1v) is 10.2. The molecular formula is C26H24N2O4. The largest absolute Gasteiger partial charge is 0.493 e. The minimum Gasteiger partial charge on any atom is -0.493 e. The van der Waals surface area contributed by atoms with Crippen LogP contribution in [-0.2, 0) is 13.2 Å². The molecule has 162 valence electrons. The van der Waals surface area contributed by atoms with Crippen molar-refractivity contribution in [3.8, 4) is 34.4 Å². The highest BCUT2D eigenvalue weighted by molar-refractivity contribution is 5.65. The number of ether oxygens (including phenoxy) is 4. The number of nitrogens with zero attached hydrogens (tertiary/aromatic N) is 2. The third-order valence-corrected chi connectivity index (χ3v) is 4.86. The zero-order valence-corrected chi connectivity index (χ0v) is 18.0. The van der Waals surface area contributed by atoms with Gasteiger partial charge in [0.15, 0.2) is 17.2 Å². The Morgan fingerprint density at radius 3 is 1.84 bits per heavy atom. The molecule has 0 aliphatic carbocycles. The van der Waals surface area contributed by atoms with Gasteiger partial charge < -0.3 is 18.9 Å². The molecule has 0 amide bonds. The first-order valence-electron chi connectivity index (χ1n) is 10.2. The number of aromatic nitrogens is 2. The Labute approximate surface area is 187 Å². The van der Waals surface area contributed by atoms with Crippen LogP contribution in [0.4, 0.5) is 0 Å². The van der Waals surface area contributed by atoms with E-state index in [0.29, 0.717) is 42.0 Å². The summed E-state index contributed by atoms with van der Waals surface area (Å²) in [6.07, 6.45) is 0. The molecule has 0 fully saturated rings. The molecule has 0 aliphatic rings. The molecule has 1 heterocycles. The summed E-state index contributed by atoms with van der Waals surface area (Å²) in [4.78, 5) is 0. The summed E-state index contributed by atoms with van der Waals surface area (Å²) >= 11 is 0. The first-order chi connectivity index (χ1) is 15.8. The molecule has 0 atom stereocenters.